The number of benzene rings is 1. The maximum absolute atomic E-state index is 11.8. The molecule has 6 rings (SSSR count). The van der Waals surface area contributed by atoms with Crippen molar-refractivity contribution in [3.63, 3.8) is 0 Å². The molecule has 0 atom stereocenters. The number of hydrogen-bond acceptors (Lipinski definition) is 9. The number of carbonyl (C=O) groups excluding carboxylic acids is 2. The highest BCUT2D eigenvalue weighted by molar-refractivity contribution is 8.18. The van der Waals surface area contributed by atoms with Crippen LogP contribution in [0.25, 0.3) is 28.1 Å². The van der Waals surface area contributed by atoms with Gasteiger partial charge in [0.05, 0.1) is 22.0 Å². The molecule has 196 valence electrons. The fraction of sp³-hybridized carbons (Fsp3) is 0.241. The number of rotatable bonds is 7. The minimum absolute atomic E-state index is 0.350. The van der Waals surface area contributed by atoms with Crippen molar-refractivity contribution >= 4 is 45.7 Å². The third-order valence-electron chi connectivity index (χ3n) is 6.97. The number of hydrogen-bond donors (Lipinski definition) is 2. The van der Waals surface area contributed by atoms with Gasteiger partial charge in [0, 0.05) is 49.2 Å². The molecule has 0 unspecified atom stereocenters. The maximum Gasteiger partial charge on any atom is 0.290 e. The Bertz CT molecular complexity index is 1560. The summed E-state index contributed by atoms with van der Waals surface area (Å²) in [5, 5.41) is 7.76. The first kappa shape index (κ1) is 25.1. The summed E-state index contributed by atoms with van der Waals surface area (Å²) in [7, 11) is 0. The fourth-order valence-corrected chi connectivity index (χ4v) is 5.61. The van der Waals surface area contributed by atoms with Crippen LogP contribution in [0.15, 0.2) is 72.0 Å². The monoisotopic (exact) mass is 537 g/mol. The molecule has 10 heteroatoms. The van der Waals surface area contributed by atoms with Gasteiger partial charge < -0.3 is 10.2 Å². The predicted molar refractivity (Wildman–Crippen MR) is 153 cm³/mol. The summed E-state index contributed by atoms with van der Waals surface area (Å²) < 4.78 is 0. The molecule has 39 heavy (non-hydrogen) atoms. The van der Waals surface area contributed by atoms with Crippen molar-refractivity contribution in [1.82, 2.24) is 30.6 Å². The van der Waals surface area contributed by atoms with Crippen LogP contribution in [-0.4, -0.2) is 50.7 Å². The lowest BCUT2D eigenvalue weighted by Crippen LogP contribution is -2.38. The number of imide groups is 1. The number of anilines is 1. The first-order chi connectivity index (χ1) is 19.1. The van der Waals surface area contributed by atoms with Crippen LogP contribution in [0.5, 0.6) is 0 Å². The zero-order chi connectivity index (χ0) is 26.6. The highest BCUT2D eigenvalue weighted by Gasteiger charge is 2.26. The van der Waals surface area contributed by atoms with Crippen molar-refractivity contribution < 1.29 is 9.59 Å². The SMILES string of the molecule is O=C1NC(=O)/C(=C\c2ccnc(N3CCC(CNCc4cccc(-c5cncc6ccccc56)n4)CC3)n2)S1. The standard InChI is InChI=1S/C29H27N7O2S/c37-27-26(39-29(38)35-27)14-21-8-11-32-28(34-21)36-12-9-19(10-13-36)15-30-17-22-5-3-7-25(33-22)24-18-31-16-20-4-1-2-6-23(20)24/h1-8,11,14,16,18-19,30H,9-10,12-13,15,17H2,(H,35,37,38)/b26-14+. The number of amides is 2. The minimum atomic E-state index is -0.383. The van der Waals surface area contributed by atoms with Gasteiger partial charge in [0.2, 0.25) is 5.95 Å². The minimum Gasteiger partial charge on any atom is -0.341 e. The lowest BCUT2D eigenvalue weighted by molar-refractivity contribution is -0.115. The van der Waals surface area contributed by atoms with Gasteiger partial charge in [0.1, 0.15) is 0 Å². The van der Waals surface area contributed by atoms with Crippen LogP contribution in [0.1, 0.15) is 24.2 Å². The molecule has 0 radical (unpaired) electrons. The summed E-state index contributed by atoms with van der Waals surface area (Å²) in [6, 6.07) is 16.1. The van der Waals surface area contributed by atoms with Gasteiger partial charge in [-0.2, -0.15) is 0 Å². The first-order valence-corrected chi connectivity index (χ1v) is 13.8. The smallest absolute Gasteiger partial charge is 0.290 e. The van der Waals surface area contributed by atoms with Gasteiger partial charge in [-0.05, 0) is 66.7 Å². The van der Waals surface area contributed by atoms with Crippen LogP contribution in [0.2, 0.25) is 0 Å². The number of nitrogens with zero attached hydrogens (tertiary/aromatic N) is 5. The summed E-state index contributed by atoms with van der Waals surface area (Å²) in [4.78, 5) is 44.1. The van der Waals surface area contributed by atoms with E-state index in [-0.39, 0.29) is 11.1 Å². The van der Waals surface area contributed by atoms with Crippen molar-refractivity contribution in [2.24, 2.45) is 5.92 Å². The van der Waals surface area contributed by atoms with Gasteiger partial charge in [0.15, 0.2) is 0 Å². The maximum atomic E-state index is 11.8. The molecule has 0 spiro atoms. The molecule has 0 saturated carbocycles. The van der Waals surface area contributed by atoms with Crippen molar-refractivity contribution in [3.05, 3.63) is 83.4 Å². The van der Waals surface area contributed by atoms with E-state index < -0.39 is 0 Å². The molecule has 2 aliphatic rings. The Hall–Kier alpha value is -4.15. The van der Waals surface area contributed by atoms with E-state index in [1.807, 2.05) is 30.6 Å². The molecule has 0 aliphatic carbocycles. The molecule has 0 bridgehead atoms. The molecule has 2 N–H and O–H groups in total. The third kappa shape index (κ3) is 5.81. The molecule has 1 aromatic carbocycles. The molecule has 2 saturated heterocycles. The number of pyridine rings is 2. The van der Waals surface area contributed by atoms with Gasteiger partial charge in [-0.1, -0.05) is 30.3 Å². The Balaban J connectivity index is 1.02. The van der Waals surface area contributed by atoms with Crippen LogP contribution in [0.3, 0.4) is 0 Å². The molecule has 2 aliphatic heterocycles. The van der Waals surface area contributed by atoms with E-state index in [0.29, 0.717) is 29.0 Å². The summed E-state index contributed by atoms with van der Waals surface area (Å²) in [6.45, 7) is 3.35. The van der Waals surface area contributed by atoms with E-state index in [1.54, 1.807) is 18.3 Å². The van der Waals surface area contributed by atoms with Gasteiger partial charge >= 0.3 is 0 Å². The zero-order valence-corrected chi connectivity index (χ0v) is 22.0. The zero-order valence-electron chi connectivity index (χ0n) is 21.2. The second-order valence-corrected chi connectivity index (χ2v) is 10.6. The van der Waals surface area contributed by atoms with Crippen LogP contribution in [-0.2, 0) is 11.3 Å². The van der Waals surface area contributed by atoms with E-state index in [4.69, 9.17) is 4.98 Å². The topological polar surface area (TPSA) is 113 Å². The normalized spacial score (nSPS) is 17.2. The van der Waals surface area contributed by atoms with Crippen molar-refractivity contribution in [2.45, 2.75) is 19.4 Å². The number of aromatic nitrogens is 4. The van der Waals surface area contributed by atoms with Crippen molar-refractivity contribution in [1.29, 1.82) is 0 Å². The number of piperidine rings is 1. The van der Waals surface area contributed by atoms with Crippen molar-refractivity contribution in [3.8, 4) is 11.3 Å². The summed E-state index contributed by atoms with van der Waals surface area (Å²) in [6.07, 6.45) is 9.16. The van der Waals surface area contributed by atoms with Gasteiger partial charge in [-0.3, -0.25) is 24.9 Å². The Morgan fingerprint density at radius 1 is 1.03 bits per heavy atom. The Morgan fingerprint density at radius 3 is 2.74 bits per heavy atom. The number of nitrogens with one attached hydrogen (secondary N) is 2. The lowest BCUT2D eigenvalue weighted by Gasteiger charge is -2.32. The summed E-state index contributed by atoms with van der Waals surface area (Å²) in [5.74, 6) is 0.821. The first-order valence-electron chi connectivity index (χ1n) is 12.9. The van der Waals surface area contributed by atoms with Crippen molar-refractivity contribution in [2.75, 3.05) is 24.5 Å². The summed E-state index contributed by atoms with van der Waals surface area (Å²) in [5.41, 5.74) is 3.60. The molecular formula is C29H27N7O2S. The Morgan fingerprint density at radius 2 is 1.90 bits per heavy atom. The number of fused-ring (bicyclic) bond motifs is 1. The van der Waals surface area contributed by atoms with E-state index in [2.05, 4.69) is 54.8 Å². The second-order valence-electron chi connectivity index (χ2n) is 9.62. The Kier molecular flexibility index (Phi) is 7.29. The number of carbonyl (C=O) groups is 2. The van der Waals surface area contributed by atoms with E-state index >= 15 is 0 Å². The third-order valence-corrected chi connectivity index (χ3v) is 7.78. The van der Waals surface area contributed by atoms with Gasteiger partial charge in [-0.15, -0.1) is 0 Å². The molecule has 2 fully saturated rings. The highest BCUT2D eigenvalue weighted by atomic mass is 32.2. The largest absolute Gasteiger partial charge is 0.341 e. The quantitative estimate of drug-likeness (QED) is 0.331. The average molecular weight is 538 g/mol. The fourth-order valence-electron chi connectivity index (χ4n) is 4.94. The molecule has 2 amide bonds. The van der Waals surface area contributed by atoms with Crippen LogP contribution in [0.4, 0.5) is 10.7 Å². The van der Waals surface area contributed by atoms with Crippen LogP contribution in [0, 0.1) is 5.92 Å². The molecule has 9 nitrogen and oxygen atoms in total. The van der Waals surface area contributed by atoms with Gasteiger partial charge in [-0.25, -0.2) is 9.97 Å². The average Bonchev–Trinajstić information content (AvgIpc) is 3.29. The lowest BCUT2D eigenvalue weighted by atomic mass is 9.97. The molecule has 3 aromatic heterocycles. The van der Waals surface area contributed by atoms with E-state index in [9.17, 15) is 9.59 Å². The Labute approximate surface area is 230 Å². The highest BCUT2D eigenvalue weighted by Crippen LogP contribution is 2.27. The molecular weight excluding hydrogens is 510 g/mol. The molecule has 5 heterocycles. The van der Waals surface area contributed by atoms with E-state index in [0.717, 1.165) is 72.0 Å². The number of thioether (sulfide) groups is 1. The predicted octanol–water partition coefficient (Wildman–Crippen LogP) is 4.42. The second kappa shape index (κ2) is 11.3. The summed E-state index contributed by atoms with van der Waals surface area (Å²) >= 11 is 0.889. The van der Waals surface area contributed by atoms with Crippen LogP contribution < -0.4 is 15.5 Å². The van der Waals surface area contributed by atoms with E-state index in [1.165, 1.54) is 0 Å². The van der Waals surface area contributed by atoms with Crippen LogP contribution >= 0.6 is 11.8 Å². The molecule has 4 aromatic rings. The van der Waals surface area contributed by atoms with Gasteiger partial charge in [0.25, 0.3) is 11.1 Å².